The van der Waals surface area contributed by atoms with E-state index in [9.17, 15) is 14.4 Å². The van der Waals surface area contributed by atoms with Gasteiger partial charge in [-0.05, 0) is 36.8 Å². The number of nitrogens with one attached hydrogen (secondary N) is 2. The molecule has 2 N–H and O–H groups in total. The fraction of sp³-hybridized carbons (Fsp3) is 0.242. The topological polar surface area (TPSA) is 128 Å². The molecule has 11 nitrogen and oxygen atoms in total. The van der Waals surface area contributed by atoms with Crippen LogP contribution in [0.1, 0.15) is 34.7 Å². The summed E-state index contributed by atoms with van der Waals surface area (Å²) in [5.41, 5.74) is 2.05. The molecule has 1 aliphatic heterocycles. The maximum Gasteiger partial charge on any atom is 0.251 e. The predicted molar refractivity (Wildman–Crippen MR) is 165 cm³/mol. The molecule has 0 radical (unpaired) electrons. The van der Waals surface area contributed by atoms with Crippen LogP contribution in [0.3, 0.4) is 0 Å². The summed E-state index contributed by atoms with van der Waals surface area (Å²) >= 11 is 0. The zero-order chi connectivity index (χ0) is 30.9. The number of carbonyl (C=O) groups is 3. The van der Waals surface area contributed by atoms with Crippen LogP contribution in [0, 0.1) is 0 Å². The third kappa shape index (κ3) is 7.49. The molecule has 3 amide bonds. The van der Waals surface area contributed by atoms with Gasteiger partial charge in [-0.3, -0.25) is 14.4 Å². The third-order valence-electron chi connectivity index (χ3n) is 7.01. The highest BCUT2D eigenvalue weighted by molar-refractivity contribution is 5.96. The number of hydrogen-bond acceptors (Lipinski definition) is 7. The summed E-state index contributed by atoms with van der Waals surface area (Å²) in [6.45, 7) is 2.35. The highest BCUT2D eigenvalue weighted by Crippen LogP contribution is 2.28. The first-order chi connectivity index (χ1) is 21.4. The van der Waals surface area contributed by atoms with Crippen molar-refractivity contribution >= 4 is 23.8 Å². The number of amides is 3. The Kier molecular flexibility index (Phi) is 9.65. The highest BCUT2D eigenvalue weighted by atomic mass is 16.5. The van der Waals surface area contributed by atoms with Crippen molar-refractivity contribution in [2.24, 2.45) is 0 Å². The van der Waals surface area contributed by atoms with Gasteiger partial charge in [0, 0.05) is 30.3 Å². The quantitative estimate of drug-likeness (QED) is 0.346. The van der Waals surface area contributed by atoms with Crippen LogP contribution in [0.15, 0.2) is 84.9 Å². The largest absolute Gasteiger partial charge is 0.493 e. The molecule has 0 unspecified atom stereocenters. The first-order valence-electron chi connectivity index (χ1n) is 14.3. The van der Waals surface area contributed by atoms with Crippen molar-refractivity contribution in [3.8, 4) is 22.9 Å². The van der Waals surface area contributed by atoms with Crippen LogP contribution in [0.2, 0.25) is 0 Å². The maximum absolute atomic E-state index is 13.3. The number of rotatable bonds is 4. The van der Waals surface area contributed by atoms with Crippen molar-refractivity contribution in [1.29, 1.82) is 0 Å². The van der Waals surface area contributed by atoms with Gasteiger partial charge in [0.2, 0.25) is 11.8 Å². The zero-order valence-corrected chi connectivity index (χ0v) is 24.6. The second kappa shape index (κ2) is 14.1. The van der Waals surface area contributed by atoms with Crippen LogP contribution in [0.5, 0.6) is 11.5 Å². The lowest BCUT2D eigenvalue weighted by Crippen LogP contribution is -2.44. The van der Waals surface area contributed by atoms with Gasteiger partial charge in [-0.1, -0.05) is 60.7 Å². The average molecular weight is 595 g/mol. The molecule has 0 spiro atoms. The van der Waals surface area contributed by atoms with Gasteiger partial charge < -0.3 is 25.0 Å². The van der Waals surface area contributed by atoms with Gasteiger partial charge in [-0.25, -0.2) is 9.67 Å². The van der Waals surface area contributed by atoms with Crippen molar-refractivity contribution in [3.05, 3.63) is 102 Å². The second-order valence-corrected chi connectivity index (χ2v) is 10.1. The summed E-state index contributed by atoms with van der Waals surface area (Å²) in [6, 6.07) is 23.3. The number of ether oxygens (including phenoxy) is 2. The Morgan fingerprint density at radius 2 is 1.75 bits per heavy atom. The number of benzene rings is 3. The predicted octanol–water partition coefficient (Wildman–Crippen LogP) is 3.50. The molecule has 4 aromatic rings. The van der Waals surface area contributed by atoms with Gasteiger partial charge in [0.1, 0.15) is 12.4 Å². The Morgan fingerprint density at radius 3 is 2.50 bits per heavy atom. The molecule has 0 aliphatic carbocycles. The summed E-state index contributed by atoms with van der Waals surface area (Å²) in [5.74, 6) is 0.832. The second-order valence-electron chi connectivity index (χ2n) is 10.1. The Morgan fingerprint density at radius 1 is 1.00 bits per heavy atom. The summed E-state index contributed by atoms with van der Waals surface area (Å²) in [6.07, 6.45) is 3.11. The Balaban J connectivity index is 1.45. The fourth-order valence-corrected chi connectivity index (χ4v) is 4.76. The molecular formula is C33H34N6O5. The molecule has 0 saturated carbocycles. The Labute approximate surface area is 255 Å². The lowest BCUT2D eigenvalue weighted by atomic mass is 10.2. The van der Waals surface area contributed by atoms with Crippen molar-refractivity contribution < 1.29 is 23.9 Å². The Bertz CT molecular complexity index is 1640. The Hall–Kier alpha value is -5.45. The van der Waals surface area contributed by atoms with Crippen molar-refractivity contribution in [3.63, 3.8) is 0 Å². The van der Waals surface area contributed by atoms with Crippen LogP contribution in [-0.2, 0) is 16.1 Å². The number of aromatic nitrogens is 3. The molecule has 1 atom stereocenters. The van der Waals surface area contributed by atoms with E-state index in [-0.39, 0.29) is 44.0 Å². The van der Waals surface area contributed by atoms with Gasteiger partial charge in [-0.2, -0.15) is 5.10 Å². The molecule has 1 aromatic heterocycles. The van der Waals surface area contributed by atoms with Crippen molar-refractivity contribution in [2.45, 2.75) is 19.5 Å². The monoisotopic (exact) mass is 594 g/mol. The van der Waals surface area contributed by atoms with Crippen LogP contribution < -0.4 is 20.1 Å². The molecule has 44 heavy (non-hydrogen) atoms. The number of fused-ring (bicyclic) bond motifs is 3. The van der Waals surface area contributed by atoms with Gasteiger partial charge in [0.15, 0.2) is 17.3 Å². The highest BCUT2D eigenvalue weighted by Gasteiger charge is 2.22. The molecule has 0 saturated heterocycles. The first kappa shape index (κ1) is 30.0. The van der Waals surface area contributed by atoms with Crippen LogP contribution in [0.4, 0.5) is 0 Å². The molecule has 3 aromatic carbocycles. The standard InChI is InChI=1S/C33H34N6O5/c1-23-32-36-31(25-11-7-4-8-12-25)37-39(32)19-20-44-28-21-26(14-15-27(28)43-2)33(42)34-17-18-38(22-29(40)35-23)30(41)16-13-24-9-5-3-6-10-24/h3-16,21,23H,17-20,22H2,1-2H3,(H,34,42)(H,35,40)/t23-/m1/s1. The summed E-state index contributed by atoms with van der Waals surface area (Å²) < 4.78 is 13.2. The minimum atomic E-state index is -0.530. The van der Waals surface area contributed by atoms with Gasteiger partial charge >= 0.3 is 0 Å². The summed E-state index contributed by atoms with van der Waals surface area (Å²) in [7, 11) is 1.53. The summed E-state index contributed by atoms with van der Waals surface area (Å²) in [5, 5.41) is 10.5. The van der Waals surface area contributed by atoms with Crippen molar-refractivity contribution in [1.82, 2.24) is 30.3 Å². The maximum atomic E-state index is 13.3. The number of methoxy groups -OCH3 is 1. The molecule has 11 heteroatoms. The van der Waals surface area contributed by atoms with E-state index in [0.717, 1.165) is 11.1 Å². The normalized spacial score (nSPS) is 16.3. The van der Waals surface area contributed by atoms with Gasteiger partial charge in [0.05, 0.1) is 26.2 Å². The minimum Gasteiger partial charge on any atom is -0.493 e. The van der Waals surface area contributed by atoms with E-state index in [4.69, 9.17) is 19.6 Å². The summed E-state index contributed by atoms with van der Waals surface area (Å²) in [4.78, 5) is 45.6. The molecule has 226 valence electrons. The first-order valence-corrected chi connectivity index (χ1v) is 14.3. The fourth-order valence-electron chi connectivity index (χ4n) is 4.76. The lowest BCUT2D eigenvalue weighted by Gasteiger charge is -2.22. The van der Waals surface area contributed by atoms with Crippen LogP contribution in [0.25, 0.3) is 17.5 Å². The van der Waals surface area contributed by atoms with E-state index < -0.39 is 6.04 Å². The molecule has 2 bridgehead atoms. The van der Waals surface area contributed by atoms with E-state index in [2.05, 4.69) is 10.6 Å². The van der Waals surface area contributed by atoms with Crippen LogP contribution >= 0.6 is 0 Å². The molecular weight excluding hydrogens is 560 g/mol. The molecule has 5 rings (SSSR count). The number of carbonyl (C=O) groups excluding carboxylic acids is 3. The third-order valence-corrected chi connectivity index (χ3v) is 7.01. The van der Waals surface area contributed by atoms with Crippen molar-refractivity contribution in [2.75, 3.05) is 33.4 Å². The SMILES string of the molecule is COc1ccc2cc1OCCn1nc(-c3ccccc3)nc1[C@@H](C)NC(=O)CN(C(=O)C=Cc1ccccc1)CCNC2=O. The lowest BCUT2D eigenvalue weighted by molar-refractivity contribution is -0.132. The zero-order valence-electron chi connectivity index (χ0n) is 24.6. The van der Waals surface area contributed by atoms with E-state index in [1.165, 1.54) is 18.1 Å². The molecule has 0 fully saturated rings. The number of nitrogens with zero attached hydrogens (tertiary/aromatic N) is 4. The smallest absolute Gasteiger partial charge is 0.251 e. The number of hydrogen-bond donors (Lipinski definition) is 2. The van der Waals surface area contributed by atoms with E-state index >= 15 is 0 Å². The van der Waals surface area contributed by atoms with Gasteiger partial charge in [0.25, 0.3) is 5.91 Å². The van der Waals surface area contributed by atoms with Gasteiger partial charge in [-0.15, -0.1) is 0 Å². The molecule has 1 aliphatic rings. The van der Waals surface area contributed by atoms with E-state index in [1.807, 2.05) is 67.6 Å². The van der Waals surface area contributed by atoms with E-state index in [1.54, 1.807) is 29.0 Å². The molecule has 2 heterocycles. The minimum absolute atomic E-state index is 0.110. The van der Waals surface area contributed by atoms with Crippen LogP contribution in [-0.4, -0.2) is 70.7 Å². The average Bonchev–Trinajstić information content (AvgIpc) is 3.48. The van der Waals surface area contributed by atoms with E-state index in [0.29, 0.717) is 35.3 Å².